The first kappa shape index (κ1) is 13.9. The van der Waals surface area contributed by atoms with Crippen molar-refractivity contribution in [2.45, 2.75) is 24.5 Å². The van der Waals surface area contributed by atoms with Gasteiger partial charge in [-0.3, -0.25) is 0 Å². The summed E-state index contributed by atoms with van der Waals surface area (Å²) in [4.78, 5) is 1.22. The molecule has 4 heteroatoms. The van der Waals surface area contributed by atoms with Gasteiger partial charge in [0.2, 0.25) is 11.8 Å². The Bertz CT molecular complexity index is 738. The molecule has 2 aromatic carbocycles. The second-order valence-electron chi connectivity index (χ2n) is 4.90. The fourth-order valence-electron chi connectivity index (χ4n) is 1.96. The third-order valence-electron chi connectivity index (χ3n) is 3.33. The number of aryl methyl sites for hydroxylation is 2. The number of hydrogen-bond donors (Lipinski definition) is 0. The fraction of sp³-hybridized carbons (Fsp3) is 0.176. The SMILES string of the molecule is Cc1ccc(SCc2nnc(-c3ccccc3)o2)cc1C. The summed E-state index contributed by atoms with van der Waals surface area (Å²) in [5.74, 6) is 1.91. The van der Waals surface area contributed by atoms with E-state index in [1.807, 2.05) is 30.3 Å². The van der Waals surface area contributed by atoms with E-state index >= 15 is 0 Å². The summed E-state index contributed by atoms with van der Waals surface area (Å²) in [6.07, 6.45) is 0. The summed E-state index contributed by atoms with van der Waals surface area (Å²) in [7, 11) is 0. The van der Waals surface area contributed by atoms with Crippen molar-refractivity contribution in [1.82, 2.24) is 10.2 Å². The Labute approximate surface area is 128 Å². The molecular formula is C17H16N2OS. The standard InChI is InChI=1S/C17H16N2OS/c1-12-8-9-15(10-13(12)2)21-11-16-18-19-17(20-16)14-6-4-3-5-7-14/h3-10H,11H2,1-2H3. The van der Waals surface area contributed by atoms with Gasteiger partial charge in [0.15, 0.2) is 0 Å². The van der Waals surface area contributed by atoms with Gasteiger partial charge in [-0.05, 0) is 49.2 Å². The highest BCUT2D eigenvalue weighted by Gasteiger charge is 2.08. The molecule has 0 fully saturated rings. The van der Waals surface area contributed by atoms with Crippen LogP contribution < -0.4 is 0 Å². The Morgan fingerprint density at radius 3 is 2.52 bits per heavy atom. The van der Waals surface area contributed by atoms with Gasteiger partial charge in [0.25, 0.3) is 0 Å². The third kappa shape index (κ3) is 3.34. The first-order chi connectivity index (χ1) is 10.2. The molecule has 21 heavy (non-hydrogen) atoms. The highest BCUT2D eigenvalue weighted by atomic mass is 32.2. The molecule has 0 aliphatic carbocycles. The predicted molar refractivity (Wildman–Crippen MR) is 85.2 cm³/mol. The first-order valence-corrected chi connectivity index (χ1v) is 7.79. The van der Waals surface area contributed by atoms with Crippen LogP contribution in [0.15, 0.2) is 57.8 Å². The summed E-state index contributed by atoms with van der Waals surface area (Å²) in [6, 6.07) is 16.3. The summed E-state index contributed by atoms with van der Waals surface area (Å²) >= 11 is 1.71. The highest BCUT2D eigenvalue weighted by molar-refractivity contribution is 7.98. The molecule has 3 aromatic rings. The van der Waals surface area contributed by atoms with Gasteiger partial charge in [0, 0.05) is 10.5 Å². The van der Waals surface area contributed by atoms with E-state index in [2.05, 4.69) is 42.2 Å². The molecule has 0 saturated heterocycles. The zero-order chi connectivity index (χ0) is 14.7. The van der Waals surface area contributed by atoms with E-state index < -0.39 is 0 Å². The minimum Gasteiger partial charge on any atom is -0.420 e. The predicted octanol–water partition coefficient (Wildman–Crippen LogP) is 4.65. The van der Waals surface area contributed by atoms with Crippen LogP contribution in [0, 0.1) is 13.8 Å². The number of hydrogen-bond acceptors (Lipinski definition) is 4. The molecule has 0 atom stereocenters. The summed E-state index contributed by atoms with van der Waals surface area (Å²) in [5.41, 5.74) is 3.56. The largest absolute Gasteiger partial charge is 0.420 e. The van der Waals surface area contributed by atoms with Crippen LogP contribution in [0.5, 0.6) is 0 Å². The summed E-state index contributed by atoms with van der Waals surface area (Å²) in [6.45, 7) is 4.24. The molecule has 0 spiro atoms. The zero-order valence-electron chi connectivity index (χ0n) is 12.0. The van der Waals surface area contributed by atoms with E-state index in [4.69, 9.17) is 4.42 Å². The summed E-state index contributed by atoms with van der Waals surface area (Å²) < 4.78 is 5.70. The Balaban J connectivity index is 1.69. The van der Waals surface area contributed by atoms with E-state index in [1.54, 1.807) is 11.8 Å². The number of aromatic nitrogens is 2. The molecule has 1 aromatic heterocycles. The van der Waals surface area contributed by atoms with Gasteiger partial charge in [-0.2, -0.15) is 0 Å². The van der Waals surface area contributed by atoms with Crippen LogP contribution in [0.1, 0.15) is 17.0 Å². The van der Waals surface area contributed by atoms with Gasteiger partial charge >= 0.3 is 0 Å². The van der Waals surface area contributed by atoms with E-state index in [0.717, 1.165) is 5.56 Å². The van der Waals surface area contributed by atoms with Crippen LogP contribution in [0.4, 0.5) is 0 Å². The van der Waals surface area contributed by atoms with Crippen LogP contribution in [0.3, 0.4) is 0 Å². The maximum absolute atomic E-state index is 5.70. The number of nitrogens with zero attached hydrogens (tertiary/aromatic N) is 2. The van der Waals surface area contributed by atoms with E-state index in [9.17, 15) is 0 Å². The lowest BCUT2D eigenvalue weighted by Gasteiger charge is -2.03. The monoisotopic (exact) mass is 296 g/mol. The molecule has 0 amide bonds. The van der Waals surface area contributed by atoms with Crippen molar-refractivity contribution < 1.29 is 4.42 Å². The molecule has 0 aliphatic heterocycles. The molecule has 0 unspecified atom stereocenters. The normalized spacial score (nSPS) is 10.8. The lowest BCUT2D eigenvalue weighted by Crippen LogP contribution is -1.83. The fourth-order valence-corrected chi connectivity index (χ4v) is 2.79. The molecule has 0 aliphatic rings. The Morgan fingerprint density at radius 1 is 0.952 bits per heavy atom. The highest BCUT2D eigenvalue weighted by Crippen LogP contribution is 2.25. The molecule has 3 rings (SSSR count). The molecule has 106 valence electrons. The Morgan fingerprint density at radius 2 is 1.76 bits per heavy atom. The summed E-state index contributed by atoms with van der Waals surface area (Å²) in [5, 5.41) is 8.21. The smallest absolute Gasteiger partial charge is 0.247 e. The molecule has 3 nitrogen and oxygen atoms in total. The van der Waals surface area contributed by atoms with Crippen LogP contribution in [0.25, 0.3) is 11.5 Å². The zero-order valence-corrected chi connectivity index (χ0v) is 12.9. The van der Waals surface area contributed by atoms with Gasteiger partial charge in [0.05, 0.1) is 5.75 Å². The molecule has 0 saturated carbocycles. The lowest BCUT2D eigenvalue weighted by atomic mass is 10.1. The molecular weight excluding hydrogens is 280 g/mol. The quantitative estimate of drug-likeness (QED) is 0.657. The maximum Gasteiger partial charge on any atom is 0.247 e. The van der Waals surface area contributed by atoms with Crippen molar-refractivity contribution in [2.24, 2.45) is 0 Å². The molecule has 0 radical (unpaired) electrons. The topological polar surface area (TPSA) is 38.9 Å². The van der Waals surface area contributed by atoms with Crippen molar-refractivity contribution in [2.75, 3.05) is 0 Å². The third-order valence-corrected chi connectivity index (χ3v) is 4.31. The minimum atomic E-state index is 0.575. The number of thioether (sulfide) groups is 1. The average molecular weight is 296 g/mol. The number of rotatable bonds is 4. The van der Waals surface area contributed by atoms with Gasteiger partial charge in [-0.1, -0.05) is 24.3 Å². The van der Waals surface area contributed by atoms with Crippen molar-refractivity contribution in [3.8, 4) is 11.5 Å². The molecule has 0 bridgehead atoms. The average Bonchev–Trinajstić information content (AvgIpc) is 2.98. The van der Waals surface area contributed by atoms with Gasteiger partial charge < -0.3 is 4.42 Å². The minimum absolute atomic E-state index is 0.575. The van der Waals surface area contributed by atoms with Gasteiger partial charge in [-0.15, -0.1) is 22.0 Å². The maximum atomic E-state index is 5.70. The van der Waals surface area contributed by atoms with Crippen molar-refractivity contribution in [3.05, 3.63) is 65.5 Å². The second-order valence-corrected chi connectivity index (χ2v) is 5.95. The van der Waals surface area contributed by atoms with Gasteiger partial charge in [-0.25, -0.2) is 0 Å². The first-order valence-electron chi connectivity index (χ1n) is 6.80. The Hall–Kier alpha value is -2.07. The van der Waals surface area contributed by atoms with Crippen LogP contribution in [-0.4, -0.2) is 10.2 Å². The molecule has 0 N–H and O–H groups in total. The second kappa shape index (κ2) is 6.14. The van der Waals surface area contributed by atoms with Crippen molar-refractivity contribution >= 4 is 11.8 Å². The van der Waals surface area contributed by atoms with Gasteiger partial charge in [0.1, 0.15) is 0 Å². The number of benzene rings is 2. The van der Waals surface area contributed by atoms with E-state index in [1.165, 1.54) is 16.0 Å². The van der Waals surface area contributed by atoms with Crippen LogP contribution in [-0.2, 0) is 5.75 Å². The van der Waals surface area contributed by atoms with E-state index in [0.29, 0.717) is 17.5 Å². The Kier molecular flexibility index (Phi) is 4.06. The van der Waals surface area contributed by atoms with Crippen molar-refractivity contribution in [3.63, 3.8) is 0 Å². The van der Waals surface area contributed by atoms with E-state index in [-0.39, 0.29) is 0 Å². The van der Waals surface area contributed by atoms with Crippen LogP contribution in [0.2, 0.25) is 0 Å². The van der Waals surface area contributed by atoms with Crippen molar-refractivity contribution in [1.29, 1.82) is 0 Å². The lowest BCUT2D eigenvalue weighted by molar-refractivity contribution is 0.528. The molecule has 1 heterocycles. The van der Waals surface area contributed by atoms with Crippen LogP contribution >= 0.6 is 11.8 Å².